The number of rotatable bonds is 4. The molecule has 0 aromatic carbocycles. The molecule has 0 saturated heterocycles. The lowest BCUT2D eigenvalue weighted by molar-refractivity contribution is -0.194. The van der Waals surface area contributed by atoms with Crippen LogP contribution in [0.5, 0.6) is 0 Å². The maximum Gasteiger partial charge on any atom is 0.365 e. The second-order valence-electron chi connectivity index (χ2n) is 1.74. The third-order valence-corrected chi connectivity index (χ3v) is 1.39. The second kappa shape index (κ2) is 3.65. The molecule has 0 aromatic heterocycles. The van der Waals surface area contributed by atoms with Gasteiger partial charge in [0, 0.05) is 0 Å². The molecule has 3 N–H and O–H groups in total. The first kappa shape index (κ1) is 10.3. The highest BCUT2D eigenvalue weighted by Gasteiger charge is 2.39. The molecule has 0 rings (SSSR count). The van der Waals surface area contributed by atoms with Gasteiger partial charge in [-0.2, -0.15) is 0 Å². The van der Waals surface area contributed by atoms with E-state index in [2.05, 4.69) is 20.1 Å². The van der Waals surface area contributed by atoms with Crippen LogP contribution in [0.2, 0.25) is 0 Å². The summed E-state index contributed by atoms with van der Waals surface area (Å²) in [7, 11) is 0. The summed E-state index contributed by atoms with van der Waals surface area (Å²) >= 11 is 2.21. The van der Waals surface area contributed by atoms with Crippen molar-refractivity contribution in [1.29, 1.82) is 0 Å². The number of carbonyl (C=O) groups is 2. The Balaban J connectivity index is 4.34. The Kier molecular flexibility index (Phi) is 3.43. The van der Waals surface area contributed by atoms with Gasteiger partial charge in [-0.25, -0.2) is 4.79 Å². The Morgan fingerprint density at radius 3 is 2.00 bits per heavy atom. The zero-order valence-corrected chi connectivity index (χ0v) is 6.74. The molecule has 0 aromatic rings. The van der Waals surface area contributed by atoms with Crippen molar-refractivity contribution >= 4 is 28.2 Å². The Labute approximate surface area is 69.8 Å². The van der Waals surface area contributed by atoms with Crippen LogP contribution in [0, 0.1) is 0 Å². The Morgan fingerprint density at radius 2 is 1.91 bits per heavy atom. The molecule has 11 heavy (non-hydrogen) atoms. The van der Waals surface area contributed by atoms with Crippen molar-refractivity contribution in [2.24, 2.45) is 0 Å². The summed E-state index contributed by atoms with van der Waals surface area (Å²) in [5.74, 6) is -5.95. The molecule has 0 saturated carbocycles. The first-order chi connectivity index (χ1) is 4.92. The predicted octanol–water partition coefficient (Wildman–Crippen LogP) is -0.439. The van der Waals surface area contributed by atoms with Crippen molar-refractivity contribution in [3.63, 3.8) is 0 Å². The molecular formula is C4H5BrO6. The lowest BCUT2D eigenvalue weighted by Crippen LogP contribution is -2.41. The molecule has 1 unspecified atom stereocenters. The van der Waals surface area contributed by atoms with E-state index in [0.717, 1.165) is 0 Å². The van der Waals surface area contributed by atoms with Crippen molar-refractivity contribution in [1.82, 2.24) is 0 Å². The van der Waals surface area contributed by atoms with Gasteiger partial charge in [-0.3, -0.25) is 8.62 Å². The van der Waals surface area contributed by atoms with Crippen LogP contribution < -0.4 is 0 Å². The molecule has 0 spiro atoms. The fraction of sp³-hybridized carbons (Fsp3) is 0.500. The van der Waals surface area contributed by atoms with Gasteiger partial charge >= 0.3 is 11.9 Å². The van der Waals surface area contributed by atoms with Crippen LogP contribution in [0.3, 0.4) is 0 Å². The zero-order valence-electron chi connectivity index (χ0n) is 5.15. The van der Waals surface area contributed by atoms with Crippen LogP contribution in [-0.2, 0) is 13.4 Å². The topological polar surface area (TPSA) is 104 Å². The van der Waals surface area contributed by atoms with Crippen LogP contribution >= 0.6 is 16.3 Å². The van der Waals surface area contributed by atoms with E-state index in [4.69, 9.17) is 15.3 Å². The fourth-order valence-electron chi connectivity index (χ4n) is 0.341. The Morgan fingerprint density at radius 1 is 1.45 bits per heavy atom. The third kappa shape index (κ3) is 2.83. The molecular weight excluding hydrogens is 224 g/mol. The van der Waals surface area contributed by atoms with E-state index >= 15 is 0 Å². The monoisotopic (exact) mass is 228 g/mol. The van der Waals surface area contributed by atoms with Crippen LogP contribution in [0.15, 0.2) is 0 Å². The van der Waals surface area contributed by atoms with Crippen molar-refractivity contribution in [2.45, 2.75) is 12.2 Å². The SMILES string of the molecule is O=C(O)CC(O)(OBr)C(=O)O. The lowest BCUT2D eigenvalue weighted by Gasteiger charge is -2.16. The quantitative estimate of drug-likeness (QED) is 0.564. The summed E-state index contributed by atoms with van der Waals surface area (Å²) < 4.78 is 3.90. The van der Waals surface area contributed by atoms with E-state index in [9.17, 15) is 9.59 Å². The van der Waals surface area contributed by atoms with Crippen LogP contribution in [-0.4, -0.2) is 33.0 Å². The highest BCUT2D eigenvalue weighted by Crippen LogP contribution is 2.15. The first-order valence-corrected chi connectivity index (χ1v) is 3.04. The molecule has 0 radical (unpaired) electrons. The highest BCUT2D eigenvalue weighted by molar-refractivity contribution is 9.06. The molecule has 0 fully saturated rings. The molecule has 1 atom stereocenters. The molecule has 0 aliphatic heterocycles. The minimum Gasteiger partial charge on any atom is -0.481 e. The number of carboxylic acid groups (broad SMARTS) is 2. The van der Waals surface area contributed by atoms with Crippen LogP contribution in [0.25, 0.3) is 0 Å². The van der Waals surface area contributed by atoms with Crippen LogP contribution in [0.4, 0.5) is 0 Å². The summed E-state index contributed by atoms with van der Waals surface area (Å²) in [5, 5.41) is 25.1. The van der Waals surface area contributed by atoms with Gasteiger partial charge in [0.25, 0.3) is 5.79 Å². The minimum atomic E-state index is -2.70. The van der Waals surface area contributed by atoms with Gasteiger partial charge < -0.3 is 15.3 Å². The summed E-state index contributed by atoms with van der Waals surface area (Å²) in [6.07, 6.45) is -1.03. The molecule has 0 aliphatic rings. The normalized spacial score (nSPS) is 15.5. The van der Waals surface area contributed by atoms with Crippen molar-refractivity contribution in [3.05, 3.63) is 0 Å². The van der Waals surface area contributed by atoms with E-state index in [0.29, 0.717) is 0 Å². The minimum absolute atomic E-state index is 1.03. The fourth-order valence-corrected chi connectivity index (χ4v) is 0.594. The number of aliphatic carboxylic acids is 2. The predicted molar refractivity (Wildman–Crippen MR) is 34.9 cm³/mol. The van der Waals surface area contributed by atoms with E-state index in [-0.39, 0.29) is 0 Å². The number of aliphatic hydroxyl groups is 1. The maximum absolute atomic E-state index is 10.1. The number of hydrogen-bond acceptors (Lipinski definition) is 4. The molecule has 6 nitrogen and oxygen atoms in total. The molecule has 0 bridgehead atoms. The lowest BCUT2D eigenvalue weighted by atomic mass is 10.2. The van der Waals surface area contributed by atoms with E-state index in [1.54, 1.807) is 0 Å². The van der Waals surface area contributed by atoms with Gasteiger partial charge in [0.05, 0.1) is 0 Å². The van der Waals surface area contributed by atoms with Gasteiger partial charge in [0.2, 0.25) is 0 Å². The molecule has 0 aliphatic carbocycles. The van der Waals surface area contributed by atoms with Gasteiger partial charge in [0.1, 0.15) is 22.7 Å². The average Bonchev–Trinajstić information content (AvgIpc) is 1.86. The van der Waals surface area contributed by atoms with E-state index in [1.165, 1.54) is 0 Å². The summed E-state index contributed by atoms with van der Waals surface area (Å²) in [4.78, 5) is 20.1. The number of hydrogen-bond donors (Lipinski definition) is 3. The molecule has 7 heteroatoms. The van der Waals surface area contributed by atoms with Gasteiger partial charge in [0.15, 0.2) is 0 Å². The van der Waals surface area contributed by atoms with Crippen molar-refractivity contribution in [3.8, 4) is 0 Å². The van der Waals surface area contributed by atoms with Crippen molar-refractivity contribution in [2.75, 3.05) is 0 Å². The van der Waals surface area contributed by atoms with E-state index in [1.807, 2.05) is 0 Å². The van der Waals surface area contributed by atoms with Crippen LogP contribution in [0.1, 0.15) is 6.42 Å². The second-order valence-corrected chi connectivity index (χ2v) is 2.06. The summed E-state index contributed by atoms with van der Waals surface area (Å²) in [6, 6.07) is 0. The summed E-state index contributed by atoms with van der Waals surface area (Å²) in [6.45, 7) is 0. The molecule has 0 amide bonds. The average molecular weight is 229 g/mol. The first-order valence-electron chi connectivity index (χ1n) is 2.39. The largest absolute Gasteiger partial charge is 0.481 e. The van der Waals surface area contributed by atoms with Gasteiger partial charge in [-0.15, -0.1) is 0 Å². The van der Waals surface area contributed by atoms with Crippen molar-refractivity contribution < 1.29 is 28.7 Å². The van der Waals surface area contributed by atoms with E-state index < -0.39 is 24.1 Å². The number of carboxylic acids is 2. The van der Waals surface area contributed by atoms with Gasteiger partial charge in [-0.05, 0) is 0 Å². The maximum atomic E-state index is 10.1. The Bertz CT molecular complexity index is 179. The zero-order chi connectivity index (χ0) is 9.07. The standard InChI is InChI=1S/C4H5BrO6/c5-11-4(10,3(8)9)1-2(6)7/h10H,1H2,(H,6,7)(H,8,9). The smallest absolute Gasteiger partial charge is 0.365 e. The molecule has 0 heterocycles. The summed E-state index contributed by atoms with van der Waals surface area (Å²) in [5.41, 5.74) is 0. The third-order valence-electron chi connectivity index (χ3n) is 0.853. The molecule has 64 valence electrons. The Hall–Kier alpha value is -0.660. The van der Waals surface area contributed by atoms with Gasteiger partial charge in [-0.1, -0.05) is 0 Å². The highest BCUT2D eigenvalue weighted by atomic mass is 79.9. The number of halogens is 1.